The van der Waals surface area contributed by atoms with E-state index in [4.69, 9.17) is 4.74 Å². The molecule has 0 radical (unpaired) electrons. The number of carbonyl (C=O) groups excluding carboxylic acids is 1. The highest BCUT2D eigenvalue weighted by Gasteiger charge is 2.25. The van der Waals surface area contributed by atoms with Crippen LogP contribution in [0.1, 0.15) is 12.5 Å². The van der Waals surface area contributed by atoms with Crippen LogP contribution in [0.3, 0.4) is 0 Å². The van der Waals surface area contributed by atoms with E-state index in [9.17, 15) is 9.18 Å². The lowest BCUT2D eigenvalue weighted by Crippen LogP contribution is -2.54. The Kier molecular flexibility index (Phi) is 6.87. The van der Waals surface area contributed by atoms with E-state index in [2.05, 4.69) is 21.2 Å². The van der Waals surface area contributed by atoms with Gasteiger partial charge >= 0.3 is 0 Å². The van der Waals surface area contributed by atoms with Gasteiger partial charge in [-0.05, 0) is 43.2 Å². The van der Waals surface area contributed by atoms with Crippen LogP contribution >= 0.6 is 0 Å². The maximum Gasteiger partial charge on any atom is 0.237 e. The van der Waals surface area contributed by atoms with Crippen LogP contribution in [0, 0.1) is 5.82 Å². The molecule has 28 heavy (non-hydrogen) atoms. The molecule has 2 aromatic rings. The SMILES string of the molecule is COc1cccc(N2CCN([C@@H](C)C(=O)NCCc3ccc(F)cc3)CC2)c1. The molecule has 0 saturated carbocycles. The summed E-state index contributed by atoms with van der Waals surface area (Å²) in [4.78, 5) is 17.0. The third kappa shape index (κ3) is 5.23. The Bertz CT molecular complexity index is 774. The number of carbonyl (C=O) groups is 1. The van der Waals surface area contributed by atoms with E-state index in [0.717, 1.165) is 43.2 Å². The number of hydrogen-bond acceptors (Lipinski definition) is 4. The van der Waals surface area contributed by atoms with Gasteiger partial charge in [0.15, 0.2) is 0 Å². The summed E-state index contributed by atoms with van der Waals surface area (Å²) in [5, 5.41) is 3.00. The largest absolute Gasteiger partial charge is 0.497 e. The minimum Gasteiger partial charge on any atom is -0.497 e. The molecule has 1 amide bonds. The predicted molar refractivity (Wildman–Crippen MR) is 109 cm³/mol. The molecule has 0 spiro atoms. The molecule has 0 aromatic heterocycles. The van der Waals surface area contributed by atoms with Crippen molar-refractivity contribution in [2.75, 3.05) is 44.7 Å². The molecule has 2 aromatic carbocycles. The third-order valence-corrected chi connectivity index (χ3v) is 5.29. The minimum absolute atomic E-state index is 0.0388. The van der Waals surface area contributed by atoms with E-state index in [1.165, 1.54) is 12.1 Å². The molecule has 0 unspecified atom stereocenters. The van der Waals surface area contributed by atoms with Crippen LogP contribution in [0.25, 0.3) is 0 Å². The summed E-state index contributed by atoms with van der Waals surface area (Å²) >= 11 is 0. The smallest absolute Gasteiger partial charge is 0.237 e. The fourth-order valence-electron chi connectivity index (χ4n) is 3.47. The molecular formula is C22H28FN3O2. The number of nitrogens with zero attached hydrogens (tertiary/aromatic N) is 2. The van der Waals surface area contributed by atoms with E-state index in [-0.39, 0.29) is 17.8 Å². The molecule has 6 heteroatoms. The Balaban J connectivity index is 1.44. The van der Waals surface area contributed by atoms with Gasteiger partial charge in [-0.2, -0.15) is 0 Å². The zero-order valence-electron chi connectivity index (χ0n) is 16.5. The first-order valence-electron chi connectivity index (χ1n) is 9.72. The number of benzene rings is 2. The summed E-state index contributed by atoms with van der Waals surface area (Å²) in [5.41, 5.74) is 2.16. The maximum atomic E-state index is 12.9. The van der Waals surface area contributed by atoms with Crippen molar-refractivity contribution >= 4 is 11.6 Å². The lowest BCUT2D eigenvalue weighted by molar-refractivity contribution is -0.125. The van der Waals surface area contributed by atoms with Crippen molar-refractivity contribution in [1.29, 1.82) is 0 Å². The number of anilines is 1. The number of ether oxygens (including phenoxy) is 1. The molecular weight excluding hydrogens is 357 g/mol. The molecule has 1 heterocycles. The molecule has 1 atom stereocenters. The molecule has 1 saturated heterocycles. The van der Waals surface area contributed by atoms with Gasteiger partial charge in [0.05, 0.1) is 13.2 Å². The number of methoxy groups -OCH3 is 1. The summed E-state index contributed by atoms with van der Waals surface area (Å²) < 4.78 is 18.2. The first-order valence-corrected chi connectivity index (χ1v) is 9.72. The van der Waals surface area contributed by atoms with Gasteiger partial charge in [-0.1, -0.05) is 18.2 Å². The molecule has 0 aliphatic carbocycles. The quantitative estimate of drug-likeness (QED) is 0.796. The van der Waals surface area contributed by atoms with Gasteiger partial charge in [-0.25, -0.2) is 4.39 Å². The van der Waals surface area contributed by atoms with Crippen molar-refractivity contribution in [2.24, 2.45) is 0 Å². The summed E-state index contributed by atoms with van der Waals surface area (Å²) in [7, 11) is 1.67. The van der Waals surface area contributed by atoms with Crippen molar-refractivity contribution in [1.82, 2.24) is 10.2 Å². The first kappa shape index (κ1) is 20.1. The van der Waals surface area contributed by atoms with Crippen LogP contribution in [0.5, 0.6) is 5.75 Å². The van der Waals surface area contributed by atoms with Crippen molar-refractivity contribution in [3.63, 3.8) is 0 Å². The van der Waals surface area contributed by atoms with Crippen LogP contribution in [-0.4, -0.2) is 56.7 Å². The summed E-state index contributed by atoms with van der Waals surface area (Å²) in [6.45, 7) is 5.93. The van der Waals surface area contributed by atoms with Crippen LogP contribution < -0.4 is 15.0 Å². The molecule has 1 aliphatic heterocycles. The normalized spacial score (nSPS) is 15.9. The van der Waals surface area contributed by atoms with Crippen molar-refractivity contribution in [2.45, 2.75) is 19.4 Å². The van der Waals surface area contributed by atoms with E-state index in [1.807, 2.05) is 25.1 Å². The van der Waals surface area contributed by atoms with Gasteiger partial charge in [0.1, 0.15) is 11.6 Å². The number of halogens is 1. The molecule has 1 fully saturated rings. The van der Waals surface area contributed by atoms with E-state index in [0.29, 0.717) is 13.0 Å². The van der Waals surface area contributed by atoms with Gasteiger partial charge in [0, 0.05) is 44.5 Å². The van der Waals surface area contributed by atoms with Crippen molar-refractivity contribution in [3.05, 3.63) is 59.9 Å². The van der Waals surface area contributed by atoms with Gasteiger partial charge in [0.2, 0.25) is 5.91 Å². The highest BCUT2D eigenvalue weighted by atomic mass is 19.1. The molecule has 5 nitrogen and oxygen atoms in total. The van der Waals surface area contributed by atoms with Crippen molar-refractivity contribution in [3.8, 4) is 5.75 Å². The lowest BCUT2D eigenvalue weighted by Gasteiger charge is -2.38. The predicted octanol–water partition coefficient (Wildman–Crippen LogP) is 2.70. The van der Waals surface area contributed by atoms with Crippen LogP contribution in [0.4, 0.5) is 10.1 Å². The summed E-state index contributed by atoms with van der Waals surface area (Å²) in [5.74, 6) is 0.653. The maximum absolute atomic E-state index is 12.9. The highest BCUT2D eigenvalue weighted by molar-refractivity contribution is 5.81. The Labute approximate surface area is 166 Å². The Morgan fingerprint density at radius 3 is 2.54 bits per heavy atom. The van der Waals surface area contributed by atoms with E-state index < -0.39 is 0 Å². The zero-order valence-corrected chi connectivity index (χ0v) is 16.5. The number of hydrogen-bond donors (Lipinski definition) is 1. The van der Waals surface area contributed by atoms with Crippen molar-refractivity contribution < 1.29 is 13.9 Å². The molecule has 0 bridgehead atoms. The second-order valence-electron chi connectivity index (χ2n) is 7.07. The second-order valence-corrected chi connectivity index (χ2v) is 7.07. The highest BCUT2D eigenvalue weighted by Crippen LogP contribution is 2.22. The number of nitrogens with one attached hydrogen (secondary N) is 1. The van der Waals surface area contributed by atoms with E-state index in [1.54, 1.807) is 19.2 Å². The number of amides is 1. The Hall–Kier alpha value is -2.60. The average molecular weight is 385 g/mol. The molecule has 1 aliphatic rings. The number of rotatable bonds is 7. The molecule has 150 valence electrons. The second kappa shape index (κ2) is 9.55. The number of piperazine rings is 1. The monoisotopic (exact) mass is 385 g/mol. The summed E-state index contributed by atoms with van der Waals surface area (Å²) in [6, 6.07) is 14.3. The topological polar surface area (TPSA) is 44.8 Å². The van der Waals surface area contributed by atoms with Gasteiger partial charge in [0.25, 0.3) is 0 Å². The van der Waals surface area contributed by atoms with Crippen LogP contribution in [-0.2, 0) is 11.2 Å². The minimum atomic E-state index is -0.241. The third-order valence-electron chi connectivity index (χ3n) is 5.29. The fourth-order valence-corrected chi connectivity index (χ4v) is 3.47. The van der Waals surface area contributed by atoms with E-state index >= 15 is 0 Å². The Morgan fingerprint density at radius 1 is 1.14 bits per heavy atom. The standard InChI is InChI=1S/C22H28FN3O2/c1-17(22(27)24-11-10-18-6-8-19(23)9-7-18)25-12-14-26(15-13-25)20-4-3-5-21(16-20)28-2/h3-9,16-17H,10-15H2,1-2H3,(H,24,27)/t17-/m0/s1. The Morgan fingerprint density at radius 2 is 1.86 bits per heavy atom. The molecule has 3 rings (SSSR count). The molecule has 1 N–H and O–H groups in total. The van der Waals surface area contributed by atoms with Gasteiger partial charge in [-0.3, -0.25) is 9.69 Å². The fraction of sp³-hybridized carbons (Fsp3) is 0.409. The lowest BCUT2D eigenvalue weighted by atomic mass is 10.1. The zero-order chi connectivity index (χ0) is 19.9. The van der Waals surface area contributed by atoms with Gasteiger partial charge < -0.3 is 15.0 Å². The van der Waals surface area contributed by atoms with Crippen LogP contribution in [0.2, 0.25) is 0 Å². The average Bonchev–Trinajstić information content (AvgIpc) is 2.74. The summed E-state index contributed by atoms with van der Waals surface area (Å²) in [6.07, 6.45) is 0.697. The van der Waals surface area contributed by atoms with Crippen LogP contribution in [0.15, 0.2) is 48.5 Å². The van der Waals surface area contributed by atoms with Gasteiger partial charge in [-0.15, -0.1) is 0 Å². The first-order chi connectivity index (χ1) is 13.6.